The van der Waals surface area contributed by atoms with E-state index in [4.69, 9.17) is 0 Å². The van der Waals surface area contributed by atoms with Crippen LogP contribution in [0.15, 0.2) is 27.6 Å². The third-order valence-corrected chi connectivity index (χ3v) is 4.21. The third kappa shape index (κ3) is 2.39. The molecule has 0 N–H and O–H groups in total. The molecule has 0 fully saturated rings. The van der Waals surface area contributed by atoms with Crippen molar-refractivity contribution in [3.63, 3.8) is 0 Å². The molecule has 0 aliphatic rings. The topological polar surface area (TPSA) is 80.5 Å². The third-order valence-electron chi connectivity index (χ3n) is 1.88. The molecule has 0 aromatic heterocycles. The lowest BCUT2D eigenvalue weighted by Gasteiger charge is -2.11. The van der Waals surface area contributed by atoms with Gasteiger partial charge in [-0.05, 0) is 12.1 Å². The van der Waals surface area contributed by atoms with Crippen molar-refractivity contribution in [2.24, 2.45) is 0 Å². The standard InChI is InChI=1S/C8H9BrN2O4S/c1-10(2)16(14,15)8-5-6(9)3-4-7(8)11(12)13/h3-5H,1-2H3. The minimum atomic E-state index is -3.81. The van der Waals surface area contributed by atoms with E-state index in [-0.39, 0.29) is 4.90 Å². The molecule has 0 amide bonds. The fraction of sp³-hybridized carbons (Fsp3) is 0.250. The molecule has 0 saturated heterocycles. The summed E-state index contributed by atoms with van der Waals surface area (Å²) in [7, 11) is -1.17. The fourth-order valence-corrected chi connectivity index (χ4v) is 2.63. The summed E-state index contributed by atoms with van der Waals surface area (Å²) in [6.07, 6.45) is 0. The summed E-state index contributed by atoms with van der Waals surface area (Å²) in [6, 6.07) is 3.79. The number of halogens is 1. The molecular weight excluding hydrogens is 300 g/mol. The zero-order valence-electron chi connectivity index (χ0n) is 8.55. The van der Waals surface area contributed by atoms with Crippen molar-refractivity contribution in [3.8, 4) is 0 Å². The summed E-state index contributed by atoms with van der Waals surface area (Å²) in [5, 5.41) is 10.7. The van der Waals surface area contributed by atoms with Gasteiger partial charge in [-0.2, -0.15) is 0 Å². The van der Waals surface area contributed by atoms with Gasteiger partial charge in [0, 0.05) is 24.6 Å². The monoisotopic (exact) mass is 308 g/mol. The lowest BCUT2D eigenvalue weighted by Crippen LogP contribution is -2.23. The van der Waals surface area contributed by atoms with Gasteiger partial charge in [0.1, 0.15) is 0 Å². The van der Waals surface area contributed by atoms with Crippen molar-refractivity contribution >= 4 is 31.6 Å². The number of rotatable bonds is 3. The molecule has 0 saturated carbocycles. The van der Waals surface area contributed by atoms with Gasteiger partial charge >= 0.3 is 0 Å². The Hall–Kier alpha value is -0.990. The van der Waals surface area contributed by atoms with E-state index >= 15 is 0 Å². The van der Waals surface area contributed by atoms with Gasteiger partial charge in [-0.1, -0.05) is 15.9 Å². The molecule has 88 valence electrons. The Morgan fingerprint density at radius 1 is 1.38 bits per heavy atom. The van der Waals surface area contributed by atoms with Crippen LogP contribution in [0.25, 0.3) is 0 Å². The molecule has 1 rings (SSSR count). The van der Waals surface area contributed by atoms with Gasteiger partial charge in [0.05, 0.1) is 4.92 Å². The smallest absolute Gasteiger partial charge is 0.258 e. The van der Waals surface area contributed by atoms with Crippen molar-refractivity contribution in [1.29, 1.82) is 0 Å². The molecule has 0 aliphatic heterocycles. The molecule has 0 aliphatic carbocycles. The number of nitrogens with zero attached hydrogens (tertiary/aromatic N) is 2. The van der Waals surface area contributed by atoms with Crippen LogP contribution in [0, 0.1) is 10.1 Å². The molecule has 1 aromatic carbocycles. The number of nitro groups is 1. The second-order valence-corrected chi connectivity index (χ2v) is 6.19. The lowest BCUT2D eigenvalue weighted by molar-refractivity contribution is -0.387. The first-order valence-corrected chi connectivity index (χ1v) is 6.36. The molecular formula is C8H9BrN2O4S. The summed E-state index contributed by atoms with van der Waals surface area (Å²) in [5.41, 5.74) is -0.433. The molecule has 16 heavy (non-hydrogen) atoms. The Balaban J connectivity index is 3.54. The van der Waals surface area contributed by atoms with Gasteiger partial charge < -0.3 is 0 Å². The summed E-state index contributed by atoms with van der Waals surface area (Å²) < 4.78 is 25.0. The van der Waals surface area contributed by atoms with E-state index in [1.165, 1.54) is 26.2 Å². The predicted octanol–water partition coefficient (Wildman–Crippen LogP) is 1.61. The largest absolute Gasteiger partial charge is 0.289 e. The minimum Gasteiger partial charge on any atom is -0.258 e. The van der Waals surface area contributed by atoms with Crippen LogP contribution in [0.5, 0.6) is 0 Å². The highest BCUT2D eigenvalue weighted by Gasteiger charge is 2.27. The van der Waals surface area contributed by atoms with Crippen molar-refractivity contribution < 1.29 is 13.3 Å². The summed E-state index contributed by atoms with van der Waals surface area (Å²) in [6.45, 7) is 0. The highest BCUT2D eigenvalue weighted by Crippen LogP contribution is 2.28. The zero-order valence-corrected chi connectivity index (χ0v) is 10.9. The molecule has 0 radical (unpaired) electrons. The summed E-state index contributed by atoms with van der Waals surface area (Å²) >= 11 is 3.08. The van der Waals surface area contributed by atoms with Crippen molar-refractivity contribution in [2.75, 3.05) is 14.1 Å². The Kier molecular flexibility index (Phi) is 3.66. The zero-order chi connectivity index (χ0) is 12.5. The first-order valence-electron chi connectivity index (χ1n) is 4.13. The molecule has 0 unspecified atom stereocenters. The van der Waals surface area contributed by atoms with Gasteiger partial charge in [0.15, 0.2) is 4.90 Å². The summed E-state index contributed by atoms with van der Waals surface area (Å²) in [5.74, 6) is 0. The second-order valence-electron chi connectivity index (χ2n) is 3.16. The molecule has 0 bridgehead atoms. The van der Waals surface area contributed by atoms with Gasteiger partial charge in [-0.3, -0.25) is 10.1 Å². The molecule has 6 nitrogen and oxygen atoms in total. The average molecular weight is 309 g/mol. The van der Waals surface area contributed by atoms with Gasteiger partial charge in [-0.15, -0.1) is 0 Å². The van der Waals surface area contributed by atoms with E-state index in [0.717, 1.165) is 10.4 Å². The highest BCUT2D eigenvalue weighted by atomic mass is 79.9. The van der Waals surface area contributed by atoms with E-state index in [9.17, 15) is 18.5 Å². The van der Waals surface area contributed by atoms with Crippen LogP contribution in [0.4, 0.5) is 5.69 Å². The Morgan fingerprint density at radius 2 is 1.94 bits per heavy atom. The Bertz CT molecular complexity index is 527. The van der Waals surface area contributed by atoms with Gasteiger partial charge in [0.25, 0.3) is 5.69 Å². The van der Waals surface area contributed by atoms with Crippen LogP contribution in [-0.4, -0.2) is 31.7 Å². The lowest BCUT2D eigenvalue weighted by atomic mass is 10.3. The van der Waals surface area contributed by atoms with Crippen LogP contribution in [0.3, 0.4) is 0 Å². The second kappa shape index (κ2) is 4.48. The quantitative estimate of drug-likeness (QED) is 0.627. The van der Waals surface area contributed by atoms with Crippen LogP contribution < -0.4 is 0 Å². The van der Waals surface area contributed by atoms with E-state index < -0.39 is 20.6 Å². The molecule has 8 heteroatoms. The van der Waals surface area contributed by atoms with E-state index in [2.05, 4.69) is 15.9 Å². The maximum atomic E-state index is 11.8. The first kappa shape index (κ1) is 13.1. The predicted molar refractivity (Wildman–Crippen MR) is 61.7 cm³/mol. The van der Waals surface area contributed by atoms with Crippen LogP contribution >= 0.6 is 15.9 Å². The number of nitro benzene ring substituents is 1. The van der Waals surface area contributed by atoms with Crippen LogP contribution in [0.2, 0.25) is 0 Å². The normalized spacial score (nSPS) is 11.8. The van der Waals surface area contributed by atoms with Crippen molar-refractivity contribution in [1.82, 2.24) is 4.31 Å². The maximum absolute atomic E-state index is 11.8. The summed E-state index contributed by atoms with van der Waals surface area (Å²) in [4.78, 5) is 9.67. The van der Waals surface area contributed by atoms with E-state index in [1.54, 1.807) is 0 Å². The number of hydrogen-bond donors (Lipinski definition) is 0. The Morgan fingerprint density at radius 3 is 2.38 bits per heavy atom. The molecule has 0 atom stereocenters. The van der Waals surface area contributed by atoms with Gasteiger partial charge in [-0.25, -0.2) is 12.7 Å². The molecule has 1 aromatic rings. The van der Waals surface area contributed by atoms with Crippen molar-refractivity contribution in [3.05, 3.63) is 32.8 Å². The first-order chi connectivity index (χ1) is 7.26. The number of sulfonamides is 1. The van der Waals surface area contributed by atoms with Crippen LogP contribution in [-0.2, 0) is 10.0 Å². The maximum Gasteiger partial charge on any atom is 0.289 e. The average Bonchev–Trinajstić information content (AvgIpc) is 2.16. The van der Waals surface area contributed by atoms with E-state index in [1.807, 2.05) is 0 Å². The minimum absolute atomic E-state index is 0.322. The van der Waals surface area contributed by atoms with Crippen molar-refractivity contribution in [2.45, 2.75) is 4.90 Å². The highest BCUT2D eigenvalue weighted by molar-refractivity contribution is 9.10. The SMILES string of the molecule is CN(C)S(=O)(=O)c1cc(Br)ccc1[N+](=O)[O-]. The van der Waals surface area contributed by atoms with Gasteiger partial charge in [0.2, 0.25) is 10.0 Å². The fourth-order valence-electron chi connectivity index (χ4n) is 1.04. The van der Waals surface area contributed by atoms with Crippen LogP contribution in [0.1, 0.15) is 0 Å². The number of hydrogen-bond acceptors (Lipinski definition) is 4. The Labute approximate surface area is 101 Å². The van der Waals surface area contributed by atoms with E-state index in [0.29, 0.717) is 4.47 Å². The number of benzene rings is 1. The molecule has 0 spiro atoms. The molecule has 0 heterocycles.